The van der Waals surface area contributed by atoms with Crippen molar-refractivity contribution in [3.63, 3.8) is 0 Å². The summed E-state index contributed by atoms with van der Waals surface area (Å²) in [5.41, 5.74) is 1.05. The van der Waals surface area contributed by atoms with E-state index in [1.165, 1.54) is 45.0 Å². The fourth-order valence-corrected chi connectivity index (χ4v) is 2.53. The highest BCUT2D eigenvalue weighted by Crippen LogP contribution is 2.21. The lowest BCUT2D eigenvalue weighted by Gasteiger charge is -2.19. The molecule has 1 aromatic heterocycles. The topological polar surface area (TPSA) is 36.4 Å². The van der Waals surface area contributed by atoms with E-state index in [0.717, 1.165) is 18.2 Å². The average Bonchev–Trinajstić information content (AvgIpc) is 2.57. The molecule has 1 aromatic rings. The van der Waals surface area contributed by atoms with Crippen LogP contribution < -0.4 is 0 Å². The first-order chi connectivity index (χ1) is 8.28. The van der Waals surface area contributed by atoms with Crippen molar-refractivity contribution in [1.82, 2.24) is 9.88 Å². The average molecular weight is 234 g/mol. The zero-order valence-electron chi connectivity index (χ0n) is 10.6. The molecule has 0 radical (unpaired) electrons. The molecule has 1 fully saturated rings. The molecule has 0 saturated carbocycles. The minimum atomic E-state index is 0.246. The summed E-state index contributed by atoms with van der Waals surface area (Å²) in [5.74, 6) is 1.16. The van der Waals surface area contributed by atoms with Gasteiger partial charge in [-0.25, -0.2) is 0 Å². The molecule has 1 aliphatic rings. The van der Waals surface area contributed by atoms with Crippen molar-refractivity contribution in [1.29, 1.82) is 0 Å². The van der Waals surface area contributed by atoms with Gasteiger partial charge < -0.3 is 5.11 Å². The van der Waals surface area contributed by atoms with Gasteiger partial charge in [-0.3, -0.25) is 9.88 Å². The van der Waals surface area contributed by atoms with Crippen LogP contribution in [0.15, 0.2) is 18.3 Å². The zero-order chi connectivity index (χ0) is 12.1. The lowest BCUT2D eigenvalue weighted by atomic mass is 9.98. The van der Waals surface area contributed by atoms with Gasteiger partial charge in [0.15, 0.2) is 0 Å². The van der Waals surface area contributed by atoms with Crippen LogP contribution in [0.5, 0.6) is 5.75 Å². The van der Waals surface area contributed by atoms with Crippen LogP contribution in [-0.2, 0) is 6.54 Å². The molecule has 0 spiro atoms. The molecule has 0 bridgehead atoms. The molecule has 0 aromatic carbocycles. The lowest BCUT2D eigenvalue weighted by molar-refractivity contribution is 0.268. The maximum absolute atomic E-state index is 9.20. The monoisotopic (exact) mass is 234 g/mol. The summed E-state index contributed by atoms with van der Waals surface area (Å²) < 4.78 is 0. The van der Waals surface area contributed by atoms with Crippen LogP contribution in [0, 0.1) is 5.92 Å². The third kappa shape index (κ3) is 3.70. The van der Waals surface area contributed by atoms with Crippen molar-refractivity contribution in [2.75, 3.05) is 13.1 Å². The van der Waals surface area contributed by atoms with Gasteiger partial charge in [-0.2, -0.15) is 0 Å². The molecule has 94 valence electrons. The third-order valence-electron chi connectivity index (χ3n) is 3.71. The Bertz CT molecular complexity index is 337. The Kier molecular flexibility index (Phi) is 4.37. The Morgan fingerprint density at radius 3 is 2.94 bits per heavy atom. The molecule has 0 aliphatic carbocycles. The first-order valence-corrected chi connectivity index (χ1v) is 6.64. The summed E-state index contributed by atoms with van der Waals surface area (Å²) in [4.78, 5) is 6.73. The molecule has 2 rings (SSSR count). The predicted molar refractivity (Wildman–Crippen MR) is 68.8 cm³/mol. The van der Waals surface area contributed by atoms with Gasteiger partial charge in [0.25, 0.3) is 0 Å². The van der Waals surface area contributed by atoms with Gasteiger partial charge >= 0.3 is 0 Å². The van der Waals surface area contributed by atoms with E-state index in [1.807, 2.05) is 6.07 Å². The van der Waals surface area contributed by atoms with Gasteiger partial charge in [-0.1, -0.05) is 13.3 Å². The van der Waals surface area contributed by atoms with E-state index in [2.05, 4.69) is 16.8 Å². The second-order valence-corrected chi connectivity index (χ2v) is 4.99. The highest BCUT2D eigenvalue weighted by molar-refractivity contribution is 5.17. The normalized spacial score (nSPS) is 22.3. The van der Waals surface area contributed by atoms with Crippen molar-refractivity contribution < 1.29 is 5.11 Å². The van der Waals surface area contributed by atoms with Gasteiger partial charge in [-0.15, -0.1) is 0 Å². The molecule has 3 heteroatoms. The summed E-state index contributed by atoms with van der Waals surface area (Å²) in [6.07, 6.45) is 6.83. The smallest absolute Gasteiger partial charge is 0.133 e. The van der Waals surface area contributed by atoms with E-state index in [9.17, 15) is 5.11 Å². The molecule has 1 aliphatic heterocycles. The predicted octanol–water partition coefficient (Wildman–Crippen LogP) is 2.80. The van der Waals surface area contributed by atoms with Crippen LogP contribution >= 0.6 is 0 Å². The molecule has 17 heavy (non-hydrogen) atoms. The molecule has 1 saturated heterocycles. The Morgan fingerprint density at radius 1 is 1.35 bits per heavy atom. The molecular formula is C14H22N2O. The van der Waals surface area contributed by atoms with Crippen LogP contribution in [0.2, 0.25) is 0 Å². The summed E-state index contributed by atoms with van der Waals surface area (Å²) >= 11 is 0. The van der Waals surface area contributed by atoms with E-state index in [-0.39, 0.29) is 5.75 Å². The van der Waals surface area contributed by atoms with Crippen LogP contribution in [0.1, 0.15) is 38.3 Å². The second-order valence-electron chi connectivity index (χ2n) is 4.99. The Hall–Kier alpha value is -1.09. The van der Waals surface area contributed by atoms with E-state index in [4.69, 9.17) is 0 Å². The number of aromatic nitrogens is 1. The van der Waals surface area contributed by atoms with Crippen molar-refractivity contribution in [3.8, 4) is 5.75 Å². The van der Waals surface area contributed by atoms with E-state index < -0.39 is 0 Å². The summed E-state index contributed by atoms with van der Waals surface area (Å²) in [6, 6.07) is 3.63. The molecular weight excluding hydrogens is 212 g/mol. The number of hydrogen-bond donors (Lipinski definition) is 1. The first-order valence-electron chi connectivity index (χ1n) is 6.64. The SMILES string of the molecule is CCC1CCCN(Cc2ccc(O)cn2)CC1. The van der Waals surface area contributed by atoms with Gasteiger partial charge in [0.2, 0.25) is 0 Å². The van der Waals surface area contributed by atoms with E-state index in [0.29, 0.717) is 0 Å². The molecule has 1 unspecified atom stereocenters. The molecule has 0 amide bonds. The Morgan fingerprint density at radius 2 is 2.24 bits per heavy atom. The van der Waals surface area contributed by atoms with Crippen molar-refractivity contribution in [2.24, 2.45) is 5.92 Å². The maximum atomic E-state index is 9.20. The quantitative estimate of drug-likeness (QED) is 0.873. The highest BCUT2D eigenvalue weighted by atomic mass is 16.3. The number of rotatable bonds is 3. The van der Waals surface area contributed by atoms with Gasteiger partial charge in [0.05, 0.1) is 11.9 Å². The standard InChI is InChI=1S/C14H22N2O/c1-2-12-4-3-8-16(9-7-12)11-13-5-6-14(17)10-15-13/h5-6,10,12,17H,2-4,7-9,11H2,1H3. The van der Waals surface area contributed by atoms with E-state index in [1.54, 1.807) is 6.07 Å². The van der Waals surface area contributed by atoms with Crippen LogP contribution in [0.3, 0.4) is 0 Å². The van der Waals surface area contributed by atoms with Gasteiger partial charge in [-0.05, 0) is 50.4 Å². The summed E-state index contributed by atoms with van der Waals surface area (Å²) in [7, 11) is 0. The zero-order valence-corrected chi connectivity index (χ0v) is 10.6. The maximum Gasteiger partial charge on any atom is 0.133 e. The molecule has 3 nitrogen and oxygen atoms in total. The second kappa shape index (κ2) is 6.01. The summed E-state index contributed by atoms with van der Waals surface area (Å²) in [6.45, 7) is 5.57. The van der Waals surface area contributed by atoms with Crippen molar-refractivity contribution in [3.05, 3.63) is 24.0 Å². The van der Waals surface area contributed by atoms with Crippen LogP contribution in [0.25, 0.3) is 0 Å². The third-order valence-corrected chi connectivity index (χ3v) is 3.71. The molecule has 1 atom stereocenters. The Labute approximate surface area is 103 Å². The number of aromatic hydroxyl groups is 1. The van der Waals surface area contributed by atoms with Crippen molar-refractivity contribution in [2.45, 2.75) is 39.2 Å². The molecule has 1 N–H and O–H groups in total. The Balaban J connectivity index is 1.88. The van der Waals surface area contributed by atoms with Gasteiger partial charge in [0.1, 0.15) is 5.75 Å². The largest absolute Gasteiger partial charge is 0.506 e. The summed E-state index contributed by atoms with van der Waals surface area (Å²) in [5, 5.41) is 9.20. The minimum absolute atomic E-state index is 0.246. The fraction of sp³-hybridized carbons (Fsp3) is 0.643. The van der Waals surface area contributed by atoms with Gasteiger partial charge in [0, 0.05) is 6.54 Å². The van der Waals surface area contributed by atoms with Crippen molar-refractivity contribution >= 4 is 0 Å². The minimum Gasteiger partial charge on any atom is -0.506 e. The lowest BCUT2D eigenvalue weighted by Crippen LogP contribution is -2.24. The number of nitrogens with zero attached hydrogens (tertiary/aromatic N) is 2. The van der Waals surface area contributed by atoms with E-state index >= 15 is 0 Å². The highest BCUT2D eigenvalue weighted by Gasteiger charge is 2.15. The van der Waals surface area contributed by atoms with Crippen LogP contribution in [0.4, 0.5) is 0 Å². The number of hydrogen-bond acceptors (Lipinski definition) is 3. The number of likely N-dealkylation sites (tertiary alicyclic amines) is 1. The first kappa shape index (κ1) is 12.4. The fourth-order valence-electron chi connectivity index (χ4n) is 2.53. The van der Waals surface area contributed by atoms with Crippen LogP contribution in [-0.4, -0.2) is 28.1 Å². The number of pyridine rings is 1. The molecule has 2 heterocycles.